The second-order valence-corrected chi connectivity index (χ2v) is 7.07. The number of rotatable bonds is 7. The zero-order valence-electron chi connectivity index (χ0n) is 12.6. The van der Waals surface area contributed by atoms with Crippen LogP contribution in [-0.2, 0) is 0 Å². The van der Waals surface area contributed by atoms with Crippen molar-refractivity contribution in [2.45, 2.75) is 40.0 Å². The average Bonchev–Trinajstić information content (AvgIpc) is 3.12. The lowest BCUT2D eigenvalue weighted by Gasteiger charge is -2.19. The largest absolute Gasteiger partial charge is 0.397 e. The monoisotopic (exact) mass is 295 g/mol. The van der Waals surface area contributed by atoms with E-state index >= 15 is 0 Å². The van der Waals surface area contributed by atoms with Crippen LogP contribution in [0.15, 0.2) is 6.07 Å². The first-order valence-electron chi connectivity index (χ1n) is 7.40. The van der Waals surface area contributed by atoms with Gasteiger partial charge in [0.25, 0.3) is 5.91 Å². The van der Waals surface area contributed by atoms with E-state index in [1.165, 1.54) is 24.2 Å². The van der Waals surface area contributed by atoms with Crippen molar-refractivity contribution in [3.63, 3.8) is 0 Å². The Hall–Kier alpha value is -1.23. The van der Waals surface area contributed by atoms with E-state index in [1.807, 2.05) is 13.0 Å². The molecule has 1 amide bonds. The highest BCUT2D eigenvalue weighted by molar-refractivity contribution is 7.18. The molecule has 0 aromatic carbocycles. The molecule has 0 spiro atoms. The average molecular weight is 295 g/mol. The van der Waals surface area contributed by atoms with Crippen molar-refractivity contribution in [1.29, 1.82) is 0 Å². The van der Waals surface area contributed by atoms with Crippen LogP contribution in [0.1, 0.15) is 49.7 Å². The number of nitrogens with one attached hydrogen (secondary N) is 2. The van der Waals surface area contributed by atoms with Crippen LogP contribution in [-0.4, -0.2) is 19.0 Å². The maximum absolute atomic E-state index is 12.0. The summed E-state index contributed by atoms with van der Waals surface area (Å²) in [7, 11) is 0. The molecule has 112 valence electrons. The minimum absolute atomic E-state index is 0.0626. The number of thiophene rings is 1. The number of nitrogen functional groups attached to an aromatic ring is 1. The first-order chi connectivity index (χ1) is 9.48. The highest BCUT2D eigenvalue weighted by atomic mass is 32.1. The summed E-state index contributed by atoms with van der Waals surface area (Å²) in [6, 6.07) is 1.88. The van der Waals surface area contributed by atoms with Gasteiger partial charge in [-0.1, -0.05) is 20.8 Å². The van der Waals surface area contributed by atoms with Gasteiger partial charge in [-0.3, -0.25) is 4.79 Å². The molecule has 1 aromatic rings. The van der Waals surface area contributed by atoms with E-state index in [1.54, 1.807) is 0 Å². The Balaban J connectivity index is 1.95. The van der Waals surface area contributed by atoms with Gasteiger partial charge in [-0.25, -0.2) is 0 Å². The quantitative estimate of drug-likeness (QED) is 0.723. The van der Waals surface area contributed by atoms with Crippen LogP contribution >= 0.6 is 11.3 Å². The summed E-state index contributed by atoms with van der Waals surface area (Å²) >= 11 is 1.45. The highest BCUT2D eigenvalue weighted by Crippen LogP contribution is 2.52. The van der Waals surface area contributed by atoms with E-state index in [9.17, 15) is 4.79 Å². The smallest absolute Gasteiger partial charge is 0.263 e. The van der Waals surface area contributed by atoms with Crippen molar-refractivity contribution in [2.24, 2.45) is 11.3 Å². The molecule has 5 heteroatoms. The maximum atomic E-state index is 12.0. The molecule has 2 rings (SSSR count). The summed E-state index contributed by atoms with van der Waals surface area (Å²) in [4.78, 5) is 12.6. The molecule has 20 heavy (non-hydrogen) atoms. The number of hydrogen-bond donors (Lipinski definition) is 3. The molecular weight excluding hydrogens is 270 g/mol. The third-order valence-corrected chi connectivity index (χ3v) is 5.34. The van der Waals surface area contributed by atoms with Crippen LogP contribution in [0.4, 0.5) is 10.7 Å². The molecule has 4 nitrogen and oxygen atoms in total. The lowest BCUT2D eigenvalue weighted by Crippen LogP contribution is -2.23. The summed E-state index contributed by atoms with van der Waals surface area (Å²) in [5.41, 5.74) is 6.96. The zero-order chi connectivity index (χ0) is 14.8. The first-order valence-corrected chi connectivity index (χ1v) is 8.21. The van der Waals surface area contributed by atoms with Gasteiger partial charge in [-0.2, -0.15) is 0 Å². The Morgan fingerprint density at radius 3 is 2.75 bits per heavy atom. The predicted molar refractivity (Wildman–Crippen MR) is 86.4 cm³/mol. The van der Waals surface area contributed by atoms with Crippen LogP contribution in [0.25, 0.3) is 0 Å². The van der Waals surface area contributed by atoms with Crippen molar-refractivity contribution >= 4 is 27.9 Å². The number of hydrogen-bond acceptors (Lipinski definition) is 4. The Kier molecular flexibility index (Phi) is 4.58. The fourth-order valence-corrected chi connectivity index (χ4v) is 3.26. The summed E-state index contributed by atoms with van der Waals surface area (Å²) in [5.74, 6) is 0.632. The molecule has 1 aromatic heterocycles. The van der Waals surface area contributed by atoms with Crippen molar-refractivity contribution < 1.29 is 4.79 Å². The molecule has 0 bridgehead atoms. The zero-order valence-corrected chi connectivity index (χ0v) is 13.4. The molecule has 1 aliphatic carbocycles. The number of carbonyl (C=O) groups excluding carboxylic acids is 1. The Labute approximate surface area is 125 Å². The van der Waals surface area contributed by atoms with E-state index in [-0.39, 0.29) is 5.91 Å². The van der Waals surface area contributed by atoms with Gasteiger partial charge in [0.15, 0.2) is 0 Å². The fraction of sp³-hybridized carbons (Fsp3) is 0.667. The molecule has 4 N–H and O–H groups in total. The number of anilines is 2. The van der Waals surface area contributed by atoms with E-state index in [4.69, 9.17) is 5.73 Å². The second kappa shape index (κ2) is 6.04. The molecule has 0 saturated heterocycles. The van der Waals surface area contributed by atoms with E-state index < -0.39 is 0 Å². The number of carbonyl (C=O) groups is 1. The highest BCUT2D eigenvalue weighted by Gasteiger charge is 2.44. The van der Waals surface area contributed by atoms with Crippen molar-refractivity contribution in [2.75, 3.05) is 24.1 Å². The van der Waals surface area contributed by atoms with Gasteiger partial charge < -0.3 is 16.4 Å². The topological polar surface area (TPSA) is 67.2 Å². The van der Waals surface area contributed by atoms with E-state index in [0.29, 0.717) is 28.4 Å². The fourth-order valence-electron chi connectivity index (χ4n) is 2.37. The molecule has 0 atom stereocenters. The Morgan fingerprint density at radius 1 is 1.50 bits per heavy atom. The number of amides is 1. The van der Waals surface area contributed by atoms with E-state index in [0.717, 1.165) is 18.0 Å². The second-order valence-electron chi connectivity index (χ2n) is 6.02. The molecule has 1 heterocycles. The summed E-state index contributed by atoms with van der Waals surface area (Å²) in [6.07, 6.45) is 3.52. The molecular formula is C15H25N3OS. The van der Waals surface area contributed by atoms with Crippen molar-refractivity contribution in [1.82, 2.24) is 5.32 Å². The summed E-state index contributed by atoms with van der Waals surface area (Å²) < 4.78 is 0. The summed E-state index contributed by atoms with van der Waals surface area (Å²) in [5, 5.41) is 7.33. The predicted octanol–water partition coefficient (Wildman–Crippen LogP) is 3.32. The molecule has 1 fully saturated rings. The van der Waals surface area contributed by atoms with E-state index in [2.05, 4.69) is 24.5 Å². The van der Waals surface area contributed by atoms with Gasteiger partial charge in [-0.05, 0) is 36.7 Å². The van der Waals surface area contributed by atoms with Gasteiger partial charge in [0, 0.05) is 13.1 Å². The van der Waals surface area contributed by atoms with Gasteiger partial charge in [-0.15, -0.1) is 11.3 Å². The lowest BCUT2D eigenvalue weighted by molar-refractivity contribution is 0.0958. The Morgan fingerprint density at radius 2 is 2.20 bits per heavy atom. The Bertz CT molecular complexity index is 477. The minimum atomic E-state index is -0.0626. The third-order valence-electron chi connectivity index (χ3n) is 4.23. The van der Waals surface area contributed by atoms with Crippen molar-refractivity contribution in [3.8, 4) is 0 Å². The van der Waals surface area contributed by atoms with Crippen LogP contribution in [0.5, 0.6) is 0 Å². The van der Waals surface area contributed by atoms with Crippen LogP contribution in [0, 0.1) is 11.3 Å². The van der Waals surface area contributed by atoms with Gasteiger partial charge >= 0.3 is 0 Å². The minimum Gasteiger partial charge on any atom is -0.397 e. The molecule has 0 unspecified atom stereocenters. The lowest BCUT2D eigenvalue weighted by atomic mass is 9.92. The first kappa shape index (κ1) is 15.2. The van der Waals surface area contributed by atoms with Gasteiger partial charge in [0.1, 0.15) is 4.88 Å². The SMILES string of the molecule is CCCNC(=O)c1sc(NCC2(C(C)C)CC2)cc1N. The normalized spacial score (nSPS) is 16.2. The summed E-state index contributed by atoms with van der Waals surface area (Å²) in [6.45, 7) is 8.25. The number of nitrogens with two attached hydrogens (primary N) is 1. The van der Waals surface area contributed by atoms with Gasteiger partial charge in [0.05, 0.1) is 10.7 Å². The molecule has 0 aliphatic heterocycles. The molecule has 1 saturated carbocycles. The van der Waals surface area contributed by atoms with Crippen molar-refractivity contribution in [3.05, 3.63) is 10.9 Å². The third kappa shape index (κ3) is 3.26. The maximum Gasteiger partial charge on any atom is 0.263 e. The van der Waals surface area contributed by atoms with Crippen LogP contribution < -0.4 is 16.4 Å². The standard InChI is InChI=1S/C15H25N3OS/c1-4-7-17-14(19)13-11(16)8-12(20-13)18-9-15(5-6-15)10(2)3/h8,10,18H,4-7,9,16H2,1-3H3,(H,17,19). The molecule has 0 radical (unpaired) electrons. The van der Waals surface area contributed by atoms with Gasteiger partial charge in [0.2, 0.25) is 0 Å². The molecule has 1 aliphatic rings. The van der Waals surface area contributed by atoms with Crippen LogP contribution in [0.3, 0.4) is 0 Å². The van der Waals surface area contributed by atoms with Crippen LogP contribution in [0.2, 0.25) is 0 Å².